The average Bonchev–Trinajstić information content (AvgIpc) is 2.97. The maximum atomic E-state index is 12.3. The van der Waals surface area contributed by atoms with E-state index in [2.05, 4.69) is 5.32 Å². The molecule has 1 atom stereocenters. The van der Waals surface area contributed by atoms with Gasteiger partial charge in [0.2, 0.25) is 0 Å². The van der Waals surface area contributed by atoms with E-state index in [-0.39, 0.29) is 12.3 Å². The van der Waals surface area contributed by atoms with Crippen molar-refractivity contribution in [2.24, 2.45) is 0 Å². The Morgan fingerprint density at radius 3 is 2.64 bits per heavy atom. The summed E-state index contributed by atoms with van der Waals surface area (Å²) in [7, 11) is 0. The van der Waals surface area contributed by atoms with Crippen LogP contribution >= 0.6 is 0 Å². The Morgan fingerprint density at radius 2 is 1.89 bits per heavy atom. The van der Waals surface area contributed by atoms with Gasteiger partial charge in [-0.1, -0.05) is 24.3 Å². The van der Waals surface area contributed by atoms with Crippen molar-refractivity contribution in [2.75, 3.05) is 5.32 Å². The van der Waals surface area contributed by atoms with Crippen LogP contribution in [0.2, 0.25) is 0 Å². The molecule has 0 saturated heterocycles. The number of oxazole rings is 1. The van der Waals surface area contributed by atoms with E-state index in [0.717, 1.165) is 4.57 Å². The molecule has 0 aliphatic rings. The molecule has 0 saturated carbocycles. The van der Waals surface area contributed by atoms with Gasteiger partial charge in [-0.25, -0.2) is 4.79 Å². The molecule has 0 aliphatic carbocycles. The second-order valence-corrected chi connectivity index (χ2v) is 6.18. The van der Waals surface area contributed by atoms with Gasteiger partial charge in [0.25, 0.3) is 5.91 Å². The number of benzene rings is 2. The molecule has 8 heteroatoms. The zero-order valence-electron chi connectivity index (χ0n) is 15.3. The number of fused-ring (bicyclic) bond motifs is 1. The molecule has 0 bridgehead atoms. The van der Waals surface area contributed by atoms with Crippen molar-refractivity contribution in [3.05, 3.63) is 64.6 Å². The van der Waals surface area contributed by atoms with E-state index >= 15 is 0 Å². The monoisotopic (exact) mass is 382 g/mol. The highest BCUT2D eigenvalue weighted by Gasteiger charge is 2.20. The van der Waals surface area contributed by atoms with E-state index in [0.29, 0.717) is 22.4 Å². The molecule has 1 N–H and O–H groups in total. The molecule has 0 spiro atoms. The van der Waals surface area contributed by atoms with Crippen LogP contribution in [0.15, 0.2) is 57.7 Å². The lowest BCUT2D eigenvalue weighted by atomic mass is 10.1. The third kappa shape index (κ3) is 4.17. The van der Waals surface area contributed by atoms with Crippen LogP contribution in [0.1, 0.15) is 24.2 Å². The van der Waals surface area contributed by atoms with Crippen LogP contribution in [0.3, 0.4) is 0 Å². The number of para-hydroxylation sites is 2. The summed E-state index contributed by atoms with van der Waals surface area (Å²) in [4.78, 5) is 47.7. The van der Waals surface area contributed by atoms with Gasteiger partial charge in [-0.2, -0.15) is 0 Å². The van der Waals surface area contributed by atoms with Crippen LogP contribution in [0, 0.1) is 0 Å². The summed E-state index contributed by atoms with van der Waals surface area (Å²) in [5.74, 6) is -2.13. The molecule has 0 fully saturated rings. The number of carbonyl (C=O) groups is 3. The van der Waals surface area contributed by atoms with Crippen LogP contribution in [-0.4, -0.2) is 28.3 Å². The van der Waals surface area contributed by atoms with Gasteiger partial charge in [0.1, 0.15) is 6.54 Å². The predicted molar refractivity (Wildman–Crippen MR) is 101 cm³/mol. The van der Waals surface area contributed by atoms with E-state index in [9.17, 15) is 19.2 Å². The number of nitrogens with zero attached hydrogens (tertiary/aromatic N) is 1. The highest BCUT2D eigenvalue weighted by atomic mass is 16.5. The van der Waals surface area contributed by atoms with Crippen LogP contribution in [0.25, 0.3) is 11.1 Å². The SMILES string of the molecule is CC(=O)c1cccc(NC(=O)[C@H](C)OC(=O)Cn2c(=O)oc3ccccc32)c1. The summed E-state index contributed by atoms with van der Waals surface area (Å²) in [5, 5.41) is 2.59. The lowest BCUT2D eigenvalue weighted by Gasteiger charge is -2.14. The van der Waals surface area contributed by atoms with Crippen LogP contribution in [-0.2, 0) is 20.9 Å². The van der Waals surface area contributed by atoms with Crippen molar-refractivity contribution < 1.29 is 23.5 Å². The van der Waals surface area contributed by atoms with Gasteiger partial charge in [-0.15, -0.1) is 0 Å². The number of ether oxygens (including phenoxy) is 1. The number of esters is 1. The first-order chi connectivity index (χ1) is 13.3. The summed E-state index contributed by atoms with van der Waals surface area (Å²) in [6.45, 7) is 2.46. The van der Waals surface area contributed by atoms with Gasteiger partial charge in [0.15, 0.2) is 17.5 Å². The van der Waals surface area contributed by atoms with Crippen molar-refractivity contribution in [1.29, 1.82) is 0 Å². The Labute approximate surface area is 159 Å². The number of ketones is 1. The minimum Gasteiger partial charge on any atom is -0.451 e. The minimum absolute atomic E-state index is 0.131. The van der Waals surface area contributed by atoms with Gasteiger partial charge in [-0.05, 0) is 38.1 Å². The quantitative estimate of drug-likeness (QED) is 0.518. The Hall–Kier alpha value is -3.68. The Kier molecular flexibility index (Phi) is 5.39. The number of nitrogens with one attached hydrogen (secondary N) is 1. The third-order valence-electron chi connectivity index (χ3n) is 4.08. The number of carbonyl (C=O) groups excluding carboxylic acids is 3. The molecule has 8 nitrogen and oxygen atoms in total. The van der Waals surface area contributed by atoms with Crippen molar-refractivity contribution in [2.45, 2.75) is 26.5 Å². The Balaban J connectivity index is 1.64. The number of aromatic nitrogens is 1. The van der Waals surface area contributed by atoms with Gasteiger partial charge < -0.3 is 14.5 Å². The molecule has 144 valence electrons. The number of rotatable bonds is 6. The molecule has 1 amide bonds. The summed E-state index contributed by atoms with van der Waals surface area (Å²) in [5.41, 5.74) is 1.69. The first-order valence-electron chi connectivity index (χ1n) is 8.55. The fourth-order valence-corrected chi connectivity index (χ4v) is 2.64. The fourth-order valence-electron chi connectivity index (χ4n) is 2.64. The second kappa shape index (κ2) is 7.91. The highest BCUT2D eigenvalue weighted by molar-refractivity contribution is 5.98. The van der Waals surface area contributed by atoms with Crippen molar-refractivity contribution >= 4 is 34.4 Å². The van der Waals surface area contributed by atoms with Gasteiger partial charge in [-0.3, -0.25) is 19.0 Å². The molecule has 1 heterocycles. The van der Waals surface area contributed by atoms with E-state index in [1.807, 2.05) is 0 Å². The van der Waals surface area contributed by atoms with Gasteiger partial charge in [0.05, 0.1) is 5.52 Å². The standard InChI is InChI=1S/C20H18N2O6/c1-12(23)14-6-5-7-15(10-14)21-19(25)13(2)27-18(24)11-22-16-8-3-4-9-17(16)28-20(22)26/h3-10,13H,11H2,1-2H3,(H,21,25)/t13-/m0/s1. The second-order valence-electron chi connectivity index (χ2n) is 6.18. The number of hydrogen-bond donors (Lipinski definition) is 1. The zero-order chi connectivity index (χ0) is 20.3. The molecule has 3 rings (SSSR count). The summed E-state index contributed by atoms with van der Waals surface area (Å²) >= 11 is 0. The molecule has 0 unspecified atom stereocenters. The lowest BCUT2D eigenvalue weighted by molar-refractivity contribution is -0.153. The fraction of sp³-hybridized carbons (Fsp3) is 0.200. The molecule has 2 aromatic carbocycles. The number of hydrogen-bond acceptors (Lipinski definition) is 6. The molecule has 0 radical (unpaired) electrons. The molecule has 28 heavy (non-hydrogen) atoms. The predicted octanol–water partition coefficient (Wildman–Crippen LogP) is 2.37. The van der Waals surface area contributed by atoms with Crippen molar-refractivity contribution in [1.82, 2.24) is 4.57 Å². The topological polar surface area (TPSA) is 108 Å². The van der Waals surface area contributed by atoms with E-state index in [4.69, 9.17) is 9.15 Å². The summed E-state index contributed by atoms with van der Waals surface area (Å²) in [6.07, 6.45) is -1.10. The van der Waals surface area contributed by atoms with Gasteiger partial charge >= 0.3 is 11.7 Å². The van der Waals surface area contributed by atoms with Crippen LogP contribution in [0.5, 0.6) is 0 Å². The smallest absolute Gasteiger partial charge is 0.420 e. The maximum absolute atomic E-state index is 12.3. The van der Waals surface area contributed by atoms with Gasteiger partial charge in [0, 0.05) is 11.3 Å². The number of anilines is 1. The lowest BCUT2D eigenvalue weighted by Crippen LogP contribution is -2.32. The minimum atomic E-state index is -1.10. The largest absolute Gasteiger partial charge is 0.451 e. The van der Waals surface area contributed by atoms with Crippen LogP contribution in [0.4, 0.5) is 5.69 Å². The first kappa shape index (κ1) is 19.1. The summed E-state index contributed by atoms with van der Waals surface area (Å²) < 4.78 is 11.3. The zero-order valence-corrected chi connectivity index (χ0v) is 15.3. The molecule has 3 aromatic rings. The molecular formula is C20H18N2O6. The number of Topliss-reactive ketones (excluding diaryl/α,β-unsaturated/α-hetero) is 1. The summed E-state index contributed by atoms with van der Waals surface area (Å²) in [6, 6.07) is 13.1. The van der Waals surface area contributed by atoms with Crippen molar-refractivity contribution in [3.63, 3.8) is 0 Å². The molecule has 1 aromatic heterocycles. The van der Waals surface area contributed by atoms with Crippen LogP contribution < -0.4 is 11.1 Å². The molecular weight excluding hydrogens is 364 g/mol. The van der Waals surface area contributed by atoms with Crippen molar-refractivity contribution in [3.8, 4) is 0 Å². The average molecular weight is 382 g/mol. The highest BCUT2D eigenvalue weighted by Crippen LogP contribution is 2.13. The van der Waals surface area contributed by atoms with E-state index in [1.54, 1.807) is 42.5 Å². The normalized spacial score (nSPS) is 11.8. The Bertz CT molecular complexity index is 1110. The first-order valence-corrected chi connectivity index (χ1v) is 8.55. The Morgan fingerprint density at radius 1 is 1.14 bits per heavy atom. The molecule has 0 aliphatic heterocycles. The maximum Gasteiger partial charge on any atom is 0.420 e. The number of amides is 1. The van der Waals surface area contributed by atoms with E-state index < -0.39 is 23.7 Å². The van der Waals surface area contributed by atoms with E-state index in [1.165, 1.54) is 19.9 Å². The third-order valence-corrected chi connectivity index (χ3v) is 4.08.